The second-order valence-electron chi connectivity index (χ2n) is 4.95. The maximum atomic E-state index is 12.1. The van der Waals surface area contributed by atoms with Crippen molar-refractivity contribution in [1.29, 1.82) is 0 Å². The smallest absolute Gasteiger partial charge is 0.330 e. The molecule has 2 rings (SSSR count). The standard InChI is InChI=1S/C15H17N3O3S/c1-16(10-12-5-4-8-22-12)13(19)7-6-11-9-17(2)15(21)18(3)14(11)20/h4-9H,10H2,1-3H3/b7-6+. The van der Waals surface area contributed by atoms with Gasteiger partial charge in [-0.15, -0.1) is 11.3 Å². The van der Waals surface area contributed by atoms with E-state index in [2.05, 4.69) is 0 Å². The Kier molecular flexibility index (Phi) is 4.77. The molecule has 2 aromatic rings. The van der Waals surface area contributed by atoms with Crippen molar-refractivity contribution in [2.24, 2.45) is 14.1 Å². The van der Waals surface area contributed by atoms with Crippen molar-refractivity contribution in [2.45, 2.75) is 6.54 Å². The number of likely N-dealkylation sites (N-methyl/N-ethyl adjacent to an activating group) is 1. The van der Waals surface area contributed by atoms with Crippen LogP contribution in [0.15, 0.2) is 39.4 Å². The van der Waals surface area contributed by atoms with Crippen molar-refractivity contribution in [3.63, 3.8) is 0 Å². The Hall–Kier alpha value is -2.41. The Morgan fingerprint density at radius 2 is 2.09 bits per heavy atom. The molecule has 2 aromatic heterocycles. The third-order valence-electron chi connectivity index (χ3n) is 3.23. The maximum Gasteiger partial charge on any atom is 0.330 e. The van der Waals surface area contributed by atoms with Crippen LogP contribution in [0.3, 0.4) is 0 Å². The molecule has 0 bridgehead atoms. The summed E-state index contributed by atoms with van der Waals surface area (Å²) in [4.78, 5) is 38.3. The number of carbonyl (C=O) groups excluding carboxylic acids is 1. The topological polar surface area (TPSA) is 64.3 Å². The molecule has 0 spiro atoms. The average molecular weight is 319 g/mol. The molecule has 0 aromatic carbocycles. The van der Waals surface area contributed by atoms with Crippen LogP contribution in [0, 0.1) is 0 Å². The summed E-state index contributed by atoms with van der Waals surface area (Å²) in [5.41, 5.74) is -0.529. The fourth-order valence-corrected chi connectivity index (χ4v) is 2.71. The van der Waals surface area contributed by atoms with Gasteiger partial charge in [-0.3, -0.25) is 14.2 Å². The fourth-order valence-electron chi connectivity index (χ4n) is 1.95. The summed E-state index contributed by atoms with van der Waals surface area (Å²) in [6.07, 6.45) is 4.21. The minimum absolute atomic E-state index is 0.204. The fraction of sp³-hybridized carbons (Fsp3) is 0.267. The van der Waals surface area contributed by atoms with E-state index in [1.165, 1.54) is 30.0 Å². The summed E-state index contributed by atoms with van der Waals surface area (Å²) >= 11 is 1.58. The van der Waals surface area contributed by atoms with Crippen LogP contribution in [0.25, 0.3) is 6.08 Å². The Labute approximate surface area is 131 Å². The van der Waals surface area contributed by atoms with Crippen LogP contribution in [0.4, 0.5) is 0 Å². The van der Waals surface area contributed by atoms with Gasteiger partial charge in [0, 0.05) is 38.3 Å². The first kappa shape index (κ1) is 16.0. The predicted octanol–water partition coefficient (Wildman–Crippen LogP) is 0.817. The van der Waals surface area contributed by atoms with Gasteiger partial charge in [0.05, 0.1) is 12.1 Å². The van der Waals surface area contributed by atoms with Crippen LogP contribution in [-0.2, 0) is 25.4 Å². The molecular formula is C15H17N3O3S. The van der Waals surface area contributed by atoms with E-state index in [9.17, 15) is 14.4 Å². The van der Waals surface area contributed by atoms with E-state index in [-0.39, 0.29) is 5.91 Å². The highest BCUT2D eigenvalue weighted by atomic mass is 32.1. The summed E-state index contributed by atoms with van der Waals surface area (Å²) in [7, 11) is 4.67. The molecule has 0 radical (unpaired) electrons. The first-order valence-corrected chi connectivity index (χ1v) is 7.50. The SMILES string of the molecule is CN(Cc1cccs1)C(=O)/C=C/c1cn(C)c(=O)n(C)c1=O. The highest BCUT2D eigenvalue weighted by Gasteiger charge is 2.08. The van der Waals surface area contributed by atoms with Crippen molar-refractivity contribution in [1.82, 2.24) is 14.0 Å². The number of rotatable bonds is 4. The minimum atomic E-state index is -0.423. The molecule has 2 heterocycles. The van der Waals surface area contributed by atoms with Gasteiger partial charge in [0.15, 0.2) is 0 Å². The Balaban J connectivity index is 2.16. The van der Waals surface area contributed by atoms with Gasteiger partial charge in [-0.05, 0) is 17.5 Å². The second kappa shape index (κ2) is 6.57. The van der Waals surface area contributed by atoms with Gasteiger partial charge >= 0.3 is 5.69 Å². The van der Waals surface area contributed by atoms with E-state index in [1.807, 2.05) is 17.5 Å². The molecule has 0 aliphatic rings. The van der Waals surface area contributed by atoms with Crippen LogP contribution in [0.2, 0.25) is 0 Å². The lowest BCUT2D eigenvalue weighted by Gasteiger charge is -2.13. The van der Waals surface area contributed by atoms with E-state index < -0.39 is 11.2 Å². The van der Waals surface area contributed by atoms with Crippen molar-refractivity contribution in [2.75, 3.05) is 7.05 Å². The van der Waals surface area contributed by atoms with Gasteiger partial charge < -0.3 is 9.47 Å². The number of aromatic nitrogens is 2. The number of thiophene rings is 1. The van der Waals surface area contributed by atoms with Crippen LogP contribution in [-0.4, -0.2) is 27.0 Å². The summed E-state index contributed by atoms with van der Waals surface area (Å²) in [6, 6.07) is 3.89. The molecular weight excluding hydrogens is 302 g/mol. The molecule has 116 valence electrons. The number of aryl methyl sites for hydroxylation is 1. The molecule has 22 heavy (non-hydrogen) atoms. The van der Waals surface area contributed by atoms with Crippen molar-refractivity contribution in [3.8, 4) is 0 Å². The molecule has 0 fully saturated rings. The van der Waals surface area contributed by atoms with E-state index in [0.29, 0.717) is 12.1 Å². The van der Waals surface area contributed by atoms with E-state index in [1.54, 1.807) is 30.3 Å². The molecule has 1 amide bonds. The minimum Gasteiger partial charge on any atom is -0.337 e. The van der Waals surface area contributed by atoms with E-state index >= 15 is 0 Å². The van der Waals surface area contributed by atoms with Gasteiger partial charge in [0.1, 0.15) is 0 Å². The maximum absolute atomic E-state index is 12.1. The molecule has 0 unspecified atom stereocenters. The molecule has 0 N–H and O–H groups in total. The quantitative estimate of drug-likeness (QED) is 0.784. The van der Waals surface area contributed by atoms with Crippen LogP contribution in [0.1, 0.15) is 10.4 Å². The zero-order valence-electron chi connectivity index (χ0n) is 12.6. The third-order valence-corrected chi connectivity index (χ3v) is 4.09. The molecule has 0 atom stereocenters. The number of amides is 1. The summed E-state index contributed by atoms with van der Waals surface area (Å²) in [6.45, 7) is 0.520. The van der Waals surface area contributed by atoms with Crippen molar-refractivity contribution < 1.29 is 4.79 Å². The lowest BCUT2D eigenvalue weighted by atomic mass is 10.3. The van der Waals surface area contributed by atoms with Gasteiger partial charge in [0.2, 0.25) is 5.91 Å². The monoisotopic (exact) mass is 319 g/mol. The molecule has 0 aliphatic carbocycles. The Morgan fingerprint density at radius 1 is 1.36 bits per heavy atom. The van der Waals surface area contributed by atoms with E-state index in [0.717, 1.165) is 9.44 Å². The molecule has 0 aliphatic heterocycles. The van der Waals surface area contributed by atoms with Gasteiger partial charge in [-0.1, -0.05) is 6.07 Å². The van der Waals surface area contributed by atoms with Crippen molar-refractivity contribution in [3.05, 3.63) is 61.1 Å². The summed E-state index contributed by atoms with van der Waals surface area (Å²) < 4.78 is 2.32. The third kappa shape index (κ3) is 3.43. The first-order valence-electron chi connectivity index (χ1n) is 6.62. The second-order valence-corrected chi connectivity index (χ2v) is 5.98. The predicted molar refractivity (Wildman–Crippen MR) is 86.8 cm³/mol. The Bertz CT molecular complexity index is 816. The summed E-state index contributed by atoms with van der Waals surface area (Å²) in [5.74, 6) is -0.204. The lowest BCUT2D eigenvalue weighted by Crippen LogP contribution is -2.37. The largest absolute Gasteiger partial charge is 0.337 e. The number of carbonyl (C=O) groups is 1. The average Bonchev–Trinajstić information content (AvgIpc) is 3.00. The van der Waals surface area contributed by atoms with Crippen molar-refractivity contribution >= 4 is 23.3 Å². The number of hydrogen-bond donors (Lipinski definition) is 0. The first-order chi connectivity index (χ1) is 10.4. The zero-order valence-corrected chi connectivity index (χ0v) is 13.5. The summed E-state index contributed by atoms with van der Waals surface area (Å²) in [5, 5.41) is 1.96. The molecule has 7 heteroatoms. The van der Waals surface area contributed by atoms with Gasteiger partial charge in [-0.25, -0.2) is 4.79 Å². The zero-order chi connectivity index (χ0) is 16.3. The normalized spacial score (nSPS) is 11.0. The highest BCUT2D eigenvalue weighted by Crippen LogP contribution is 2.11. The van der Waals surface area contributed by atoms with Gasteiger partial charge in [0.25, 0.3) is 5.56 Å². The molecule has 0 saturated heterocycles. The Morgan fingerprint density at radius 3 is 2.73 bits per heavy atom. The highest BCUT2D eigenvalue weighted by molar-refractivity contribution is 7.09. The van der Waals surface area contributed by atoms with Crippen LogP contribution < -0.4 is 11.2 Å². The van der Waals surface area contributed by atoms with E-state index in [4.69, 9.17) is 0 Å². The molecule has 6 nitrogen and oxygen atoms in total. The number of nitrogens with zero attached hydrogens (tertiary/aromatic N) is 3. The van der Waals surface area contributed by atoms with Crippen LogP contribution in [0.5, 0.6) is 0 Å². The van der Waals surface area contributed by atoms with Crippen LogP contribution >= 0.6 is 11.3 Å². The number of hydrogen-bond acceptors (Lipinski definition) is 4. The lowest BCUT2D eigenvalue weighted by molar-refractivity contribution is -0.125. The molecule has 0 saturated carbocycles. The van der Waals surface area contributed by atoms with Gasteiger partial charge in [-0.2, -0.15) is 0 Å².